The van der Waals surface area contributed by atoms with Crippen molar-refractivity contribution < 1.29 is 9.59 Å². The first-order chi connectivity index (χ1) is 18.0. The first-order valence-electron chi connectivity index (χ1n) is 12.5. The van der Waals surface area contributed by atoms with Gasteiger partial charge in [0.2, 0.25) is 0 Å². The van der Waals surface area contributed by atoms with Gasteiger partial charge in [-0.2, -0.15) is 0 Å². The third kappa shape index (κ3) is 4.98. The number of hydrogen-bond donors (Lipinski definition) is 2. The molecule has 0 aromatic heterocycles. The van der Waals surface area contributed by atoms with Gasteiger partial charge in [0.05, 0.1) is 17.4 Å². The predicted molar refractivity (Wildman–Crippen MR) is 157 cm³/mol. The quantitative estimate of drug-likeness (QED) is 0.349. The van der Waals surface area contributed by atoms with Crippen LogP contribution in [-0.2, 0) is 4.79 Å². The molecule has 3 aromatic carbocycles. The Bertz CT molecular complexity index is 1450. The Morgan fingerprint density at radius 2 is 1.74 bits per heavy atom. The van der Waals surface area contributed by atoms with Gasteiger partial charge in [0, 0.05) is 53.2 Å². The Morgan fingerprint density at radius 3 is 2.42 bits per heavy atom. The van der Waals surface area contributed by atoms with Crippen LogP contribution in [0.5, 0.6) is 0 Å². The largest absolute Gasteiger partial charge is 0.378 e. The number of rotatable bonds is 3. The number of allylic oxidation sites excluding steroid dienone is 1. The average Bonchev–Trinajstić information content (AvgIpc) is 2.98. The van der Waals surface area contributed by atoms with Gasteiger partial charge in [-0.3, -0.25) is 9.69 Å². The highest BCUT2D eigenvalue weighted by Crippen LogP contribution is 2.49. The number of benzene rings is 3. The second-order valence-corrected chi connectivity index (χ2v) is 11.6. The van der Waals surface area contributed by atoms with Gasteiger partial charge in [-0.25, -0.2) is 4.79 Å². The Labute approximate surface area is 233 Å². The van der Waals surface area contributed by atoms with Gasteiger partial charge in [-0.05, 0) is 65.9 Å². The summed E-state index contributed by atoms with van der Waals surface area (Å²) in [6.45, 7) is 4.17. The number of nitrogens with one attached hydrogen (secondary N) is 2. The van der Waals surface area contributed by atoms with E-state index < -0.39 is 6.04 Å². The fourth-order valence-electron chi connectivity index (χ4n) is 5.25. The molecule has 0 spiro atoms. The van der Waals surface area contributed by atoms with Crippen molar-refractivity contribution in [2.45, 2.75) is 32.7 Å². The summed E-state index contributed by atoms with van der Waals surface area (Å²) in [5.74, 6) is -0.0132. The van der Waals surface area contributed by atoms with Crippen molar-refractivity contribution in [3.8, 4) is 0 Å². The lowest BCUT2D eigenvalue weighted by molar-refractivity contribution is -0.118. The summed E-state index contributed by atoms with van der Waals surface area (Å²) < 4.78 is 0. The molecule has 6 nitrogen and oxygen atoms in total. The SMILES string of the molecule is CN(C)c1ccc(NC(=O)N2c3ccccc3NC3=C(C(=O)CC(C)(C)C3)C2c2ccc(Cl)cc2Cl)cc1. The Kier molecular flexibility index (Phi) is 6.88. The number of fused-ring (bicyclic) bond motifs is 1. The topological polar surface area (TPSA) is 64.7 Å². The molecule has 0 saturated carbocycles. The van der Waals surface area contributed by atoms with Crippen LogP contribution in [0.15, 0.2) is 78.0 Å². The van der Waals surface area contributed by atoms with E-state index >= 15 is 0 Å². The van der Waals surface area contributed by atoms with Crippen LogP contribution in [0.1, 0.15) is 38.3 Å². The second-order valence-electron chi connectivity index (χ2n) is 10.8. The minimum atomic E-state index is -0.754. The zero-order valence-electron chi connectivity index (χ0n) is 21.8. The van der Waals surface area contributed by atoms with Crippen LogP contribution in [-0.4, -0.2) is 25.9 Å². The number of para-hydroxylation sites is 2. The summed E-state index contributed by atoms with van der Waals surface area (Å²) in [5.41, 5.74) is 4.81. The molecular formula is C30H30Cl2N4O2. The van der Waals surface area contributed by atoms with Crippen LogP contribution >= 0.6 is 23.2 Å². The number of nitrogens with zero attached hydrogens (tertiary/aromatic N) is 2. The van der Waals surface area contributed by atoms with Gasteiger partial charge in [0.15, 0.2) is 5.78 Å². The van der Waals surface area contributed by atoms with E-state index in [1.165, 1.54) is 0 Å². The first kappa shape index (κ1) is 26.1. The zero-order valence-corrected chi connectivity index (χ0v) is 23.3. The number of Topliss-reactive ketones (excluding diaryl/α,β-unsaturated/α-hetero) is 1. The van der Waals surface area contributed by atoms with Crippen LogP contribution in [0.2, 0.25) is 10.0 Å². The van der Waals surface area contributed by atoms with E-state index in [1.54, 1.807) is 23.1 Å². The van der Waals surface area contributed by atoms with E-state index in [9.17, 15) is 9.59 Å². The van der Waals surface area contributed by atoms with E-state index in [1.807, 2.05) is 67.5 Å². The summed E-state index contributed by atoms with van der Waals surface area (Å²) in [5, 5.41) is 7.42. The molecule has 1 aliphatic carbocycles. The van der Waals surface area contributed by atoms with Crippen molar-refractivity contribution >= 4 is 57.8 Å². The third-order valence-corrected chi connectivity index (χ3v) is 7.57. The fourth-order valence-corrected chi connectivity index (χ4v) is 5.77. The van der Waals surface area contributed by atoms with E-state index in [0.29, 0.717) is 45.4 Å². The molecule has 0 saturated heterocycles. The number of hydrogen-bond acceptors (Lipinski definition) is 4. The molecule has 196 valence electrons. The summed E-state index contributed by atoms with van der Waals surface area (Å²) in [4.78, 5) is 31.6. The lowest BCUT2D eigenvalue weighted by Gasteiger charge is -2.37. The molecule has 8 heteroatoms. The Morgan fingerprint density at radius 1 is 1.03 bits per heavy atom. The molecule has 5 rings (SSSR count). The maximum atomic E-state index is 14.1. The molecule has 1 atom stereocenters. The lowest BCUT2D eigenvalue weighted by atomic mass is 9.73. The van der Waals surface area contributed by atoms with Gasteiger partial charge in [0.1, 0.15) is 0 Å². The molecule has 2 amide bonds. The molecule has 3 aromatic rings. The third-order valence-electron chi connectivity index (χ3n) is 7.01. The molecule has 0 radical (unpaired) electrons. The number of amides is 2. The standard InChI is InChI=1S/C30H30Cl2N4O2/c1-30(2)16-24-27(26(37)17-30)28(21-14-9-18(31)15-22(21)32)36(25-8-6-5-7-23(25)34-24)29(38)33-19-10-12-20(13-11-19)35(3)4/h5-15,28,34H,16-17H2,1-4H3,(H,33,38). The smallest absolute Gasteiger partial charge is 0.327 e. The molecule has 2 N–H and O–H groups in total. The van der Waals surface area contributed by atoms with Crippen LogP contribution in [0.3, 0.4) is 0 Å². The molecule has 2 aliphatic rings. The number of ketones is 1. The minimum absolute atomic E-state index is 0.0132. The van der Waals surface area contributed by atoms with Crippen molar-refractivity contribution in [2.24, 2.45) is 5.41 Å². The van der Waals surface area contributed by atoms with E-state index in [-0.39, 0.29) is 17.2 Å². The molecular weight excluding hydrogens is 519 g/mol. The summed E-state index contributed by atoms with van der Waals surface area (Å²) in [6, 6.07) is 19.2. The van der Waals surface area contributed by atoms with E-state index in [0.717, 1.165) is 17.1 Å². The van der Waals surface area contributed by atoms with Gasteiger partial charge >= 0.3 is 6.03 Å². The highest BCUT2D eigenvalue weighted by Gasteiger charge is 2.44. The molecule has 1 aliphatic heterocycles. The number of carbonyl (C=O) groups is 2. The lowest BCUT2D eigenvalue weighted by Crippen LogP contribution is -2.41. The first-order valence-corrected chi connectivity index (χ1v) is 13.2. The van der Waals surface area contributed by atoms with Crippen LogP contribution < -0.4 is 20.4 Å². The van der Waals surface area contributed by atoms with Gasteiger partial charge in [0.25, 0.3) is 0 Å². The van der Waals surface area contributed by atoms with E-state index in [2.05, 4.69) is 24.5 Å². The van der Waals surface area contributed by atoms with E-state index in [4.69, 9.17) is 23.2 Å². The molecule has 0 fully saturated rings. The monoisotopic (exact) mass is 548 g/mol. The fraction of sp³-hybridized carbons (Fsp3) is 0.267. The van der Waals surface area contributed by atoms with Crippen LogP contribution in [0.25, 0.3) is 0 Å². The van der Waals surface area contributed by atoms with Crippen LogP contribution in [0.4, 0.5) is 27.5 Å². The summed E-state index contributed by atoms with van der Waals surface area (Å²) in [7, 11) is 3.92. The Balaban J connectivity index is 1.69. The molecule has 1 heterocycles. The second kappa shape index (κ2) is 10.0. The van der Waals surface area contributed by atoms with Crippen molar-refractivity contribution in [2.75, 3.05) is 34.5 Å². The van der Waals surface area contributed by atoms with Crippen LogP contribution in [0, 0.1) is 5.41 Å². The highest BCUT2D eigenvalue weighted by atomic mass is 35.5. The van der Waals surface area contributed by atoms with Crippen molar-refractivity contribution in [1.82, 2.24) is 0 Å². The molecule has 0 bridgehead atoms. The molecule has 38 heavy (non-hydrogen) atoms. The van der Waals surface area contributed by atoms with Gasteiger partial charge < -0.3 is 15.5 Å². The van der Waals surface area contributed by atoms with Crippen molar-refractivity contribution in [1.29, 1.82) is 0 Å². The number of carbonyl (C=O) groups excluding carboxylic acids is 2. The predicted octanol–water partition coefficient (Wildman–Crippen LogP) is 7.91. The van der Waals surface area contributed by atoms with Crippen molar-refractivity contribution in [3.05, 3.63) is 93.6 Å². The molecule has 1 unspecified atom stereocenters. The number of anilines is 4. The van der Waals surface area contributed by atoms with Crippen molar-refractivity contribution in [3.63, 3.8) is 0 Å². The zero-order chi connectivity index (χ0) is 27.2. The summed E-state index contributed by atoms with van der Waals surface area (Å²) >= 11 is 13.0. The number of urea groups is 1. The highest BCUT2D eigenvalue weighted by molar-refractivity contribution is 6.35. The summed E-state index contributed by atoms with van der Waals surface area (Å²) in [6.07, 6.45) is 1.03. The Hall–Kier alpha value is -3.48. The van der Waals surface area contributed by atoms with Gasteiger partial charge in [-0.15, -0.1) is 0 Å². The maximum Gasteiger partial charge on any atom is 0.327 e. The normalized spacial score (nSPS) is 18.2. The average molecular weight is 550 g/mol. The maximum absolute atomic E-state index is 14.1. The number of halogens is 2. The van der Waals surface area contributed by atoms with Gasteiger partial charge in [-0.1, -0.05) is 55.2 Å². The minimum Gasteiger partial charge on any atom is -0.378 e.